The van der Waals surface area contributed by atoms with Crippen LogP contribution in [-0.2, 0) is 27.5 Å². The van der Waals surface area contributed by atoms with Crippen LogP contribution in [0.1, 0.15) is 49.1 Å². The van der Waals surface area contributed by atoms with E-state index in [0.717, 1.165) is 18.6 Å². The molecule has 0 aliphatic carbocycles. The van der Waals surface area contributed by atoms with Crippen LogP contribution in [0.15, 0.2) is 45.9 Å². The third-order valence-electron chi connectivity index (χ3n) is 6.21. The van der Waals surface area contributed by atoms with E-state index in [1.165, 1.54) is 22.5 Å². The molecule has 3 N–H and O–H groups in total. The van der Waals surface area contributed by atoms with Crippen molar-refractivity contribution < 1.29 is 30.8 Å². The monoisotopic (exact) mass is 500 g/mol. The van der Waals surface area contributed by atoms with Crippen molar-refractivity contribution in [1.29, 1.82) is 0 Å². The first-order chi connectivity index (χ1) is 16.0. The third kappa shape index (κ3) is 5.45. The summed E-state index contributed by atoms with van der Waals surface area (Å²) < 4.78 is 70.9. The number of nitrogens with one attached hydrogen (secondary N) is 3. The molecule has 2 unspecified atom stereocenters. The quantitative estimate of drug-likeness (QED) is 0.564. The molecule has 12 heteroatoms. The number of amides is 1. The Morgan fingerprint density at radius 1 is 1.12 bits per heavy atom. The lowest BCUT2D eigenvalue weighted by Gasteiger charge is -2.29. The van der Waals surface area contributed by atoms with Gasteiger partial charge >= 0.3 is 6.18 Å². The summed E-state index contributed by atoms with van der Waals surface area (Å²) in [7, 11) is -3.81. The minimum Gasteiger partial charge on any atom is -0.447 e. The van der Waals surface area contributed by atoms with Gasteiger partial charge in [0.25, 0.3) is 10.0 Å². The number of carbonyl (C=O) groups excluding carboxylic acids is 1. The van der Waals surface area contributed by atoms with Crippen molar-refractivity contribution in [3.05, 3.63) is 53.3 Å². The van der Waals surface area contributed by atoms with Crippen LogP contribution in [0.3, 0.4) is 0 Å². The van der Waals surface area contributed by atoms with Crippen molar-refractivity contribution in [1.82, 2.24) is 20.5 Å². The second kappa shape index (κ2) is 9.68. The van der Waals surface area contributed by atoms with E-state index >= 15 is 0 Å². The SMILES string of the molecule is CC1CC(c2ccc(S(=O)(=O)N3CCC(C(=O)NCc4ccc(C(F)(F)F)cc4)CC3)o2)NN1. The molecule has 0 saturated carbocycles. The fourth-order valence-corrected chi connectivity index (χ4v) is 5.58. The second-order valence-corrected chi connectivity index (χ2v) is 10.6. The van der Waals surface area contributed by atoms with E-state index < -0.39 is 21.8 Å². The van der Waals surface area contributed by atoms with E-state index in [-0.39, 0.29) is 48.6 Å². The van der Waals surface area contributed by atoms with Gasteiger partial charge < -0.3 is 9.73 Å². The number of benzene rings is 1. The normalized spacial score (nSPS) is 22.7. The topological polar surface area (TPSA) is 104 Å². The number of alkyl halides is 3. The summed E-state index contributed by atoms with van der Waals surface area (Å²) in [6.07, 6.45) is -2.94. The highest BCUT2D eigenvalue weighted by Crippen LogP contribution is 2.30. The summed E-state index contributed by atoms with van der Waals surface area (Å²) >= 11 is 0. The largest absolute Gasteiger partial charge is 0.447 e. The zero-order chi connectivity index (χ0) is 24.5. The van der Waals surface area contributed by atoms with Crippen molar-refractivity contribution in [3.8, 4) is 0 Å². The Kier molecular flexibility index (Phi) is 7.04. The Labute approximate surface area is 195 Å². The van der Waals surface area contributed by atoms with Crippen molar-refractivity contribution in [2.75, 3.05) is 13.1 Å². The average molecular weight is 501 g/mol. The van der Waals surface area contributed by atoms with Gasteiger partial charge in [0.1, 0.15) is 5.76 Å². The standard InChI is InChI=1S/C22H27F3N4O4S/c1-14-12-18(28-27-14)19-6-7-20(33-19)34(31,32)29-10-8-16(9-11-29)21(30)26-13-15-2-4-17(5-3-15)22(23,24)25/h2-7,14,16,18,27-28H,8-13H2,1H3,(H,26,30). The van der Waals surface area contributed by atoms with E-state index in [2.05, 4.69) is 16.2 Å². The highest BCUT2D eigenvalue weighted by atomic mass is 32.2. The maximum Gasteiger partial charge on any atom is 0.416 e. The maximum atomic E-state index is 13.0. The molecule has 186 valence electrons. The molecule has 0 spiro atoms. The van der Waals surface area contributed by atoms with Crippen LogP contribution >= 0.6 is 0 Å². The Balaban J connectivity index is 1.28. The van der Waals surface area contributed by atoms with Crippen LogP contribution in [0.5, 0.6) is 0 Å². The zero-order valence-corrected chi connectivity index (χ0v) is 19.4. The molecular formula is C22H27F3N4O4S. The van der Waals surface area contributed by atoms with Crippen LogP contribution in [0, 0.1) is 5.92 Å². The molecule has 3 heterocycles. The molecule has 0 bridgehead atoms. The molecular weight excluding hydrogens is 473 g/mol. The lowest BCUT2D eigenvalue weighted by molar-refractivity contribution is -0.137. The first kappa shape index (κ1) is 24.7. The molecule has 2 fully saturated rings. The highest BCUT2D eigenvalue weighted by molar-refractivity contribution is 7.89. The van der Waals surface area contributed by atoms with Gasteiger partial charge in [0.15, 0.2) is 0 Å². The van der Waals surface area contributed by atoms with Gasteiger partial charge in [0.05, 0.1) is 11.6 Å². The average Bonchev–Trinajstić information content (AvgIpc) is 3.47. The van der Waals surface area contributed by atoms with Gasteiger partial charge in [0, 0.05) is 31.6 Å². The number of hydrogen-bond acceptors (Lipinski definition) is 6. The van der Waals surface area contributed by atoms with Crippen molar-refractivity contribution in [2.24, 2.45) is 5.92 Å². The number of hydrogen-bond donors (Lipinski definition) is 3. The van der Waals surface area contributed by atoms with Gasteiger partial charge in [-0.1, -0.05) is 12.1 Å². The molecule has 0 radical (unpaired) electrons. The first-order valence-corrected chi connectivity index (χ1v) is 12.5. The number of piperidine rings is 1. The van der Waals surface area contributed by atoms with Gasteiger partial charge in [-0.05, 0) is 56.0 Å². The summed E-state index contributed by atoms with van der Waals surface area (Å²) in [5.74, 6) is -0.0672. The molecule has 1 aromatic heterocycles. The first-order valence-electron chi connectivity index (χ1n) is 11.1. The predicted octanol–water partition coefficient (Wildman–Crippen LogP) is 2.94. The van der Waals surface area contributed by atoms with Crippen LogP contribution in [0.25, 0.3) is 0 Å². The number of sulfonamides is 1. The van der Waals surface area contributed by atoms with Crippen LogP contribution < -0.4 is 16.2 Å². The molecule has 2 saturated heterocycles. The van der Waals surface area contributed by atoms with Crippen LogP contribution in [0.2, 0.25) is 0 Å². The van der Waals surface area contributed by atoms with E-state index in [9.17, 15) is 26.4 Å². The molecule has 1 amide bonds. The molecule has 2 aliphatic rings. The summed E-state index contributed by atoms with van der Waals surface area (Å²) in [5, 5.41) is 2.61. The van der Waals surface area contributed by atoms with Gasteiger partial charge in [-0.3, -0.25) is 10.2 Å². The van der Waals surface area contributed by atoms with Gasteiger partial charge in [-0.15, -0.1) is 0 Å². The zero-order valence-electron chi connectivity index (χ0n) is 18.6. The van der Waals surface area contributed by atoms with E-state index in [4.69, 9.17) is 4.42 Å². The fraction of sp³-hybridized carbons (Fsp3) is 0.500. The number of rotatable bonds is 6. The van der Waals surface area contributed by atoms with Gasteiger partial charge in [0.2, 0.25) is 11.0 Å². The molecule has 4 rings (SSSR count). The predicted molar refractivity (Wildman–Crippen MR) is 117 cm³/mol. The molecule has 2 aromatic rings. The molecule has 8 nitrogen and oxygen atoms in total. The number of hydrazine groups is 1. The Hall–Kier alpha value is -2.41. The number of furan rings is 1. The van der Waals surface area contributed by atoms with Crippen LogP contribution in [0.4, 0.5) is 13.2 Å². The lowest BCUT2D eigenvalue weighted by atomic mass is 9.97. The highest BCUT2D eigenvalue weighted by Gasteiger charge is 2.35. The maximum absolute atomic E-state index is 13.0. The molecule has 34 heavy (non-hydrogen) atoms. The van der Waals surface area contributed by atoms with Crippen molar-refractivity contribution in [3.63, 3.8) is 0 Å². The molecule has 2 aliphatic heterocycles. The molecule has 1 aromatic carbocycles. The minimum absolute atomic E-state index is 0.0990. The number of halogens is 3. The smallest absolute Gasteiger partial charge is 0.416 e. The lowest BCUT2D eigenvalue weighted by Crippen LogP contribution is -2.42. The summed E-state index contributed by atoms with van der Waals surface area (Å²) in [4.78, 5) is 12.5. The van der Waals surface area contributed by atoms with Crippen LogP contribution in [-0.4, -0.2) is 37.8 Å². The summed E-state index contributed by atoms with van der Waals surface area (Å²) in [6.45, 7) is 2.47. The van der Waals surface area contributed by atoms with E-state index in [0.29, 0.717) is 24.2 Å². The second-order valence-electron chi connectivity index (χ2n) is 8.73. The Morgan fingerprint density at radius 3 is 2.38 bits per heavy atom. The van der Waals surface area contributed by atoms with Crippen molar-refractivity contribution >= 4 is 15.9 Å². The minimum atomic E-state index is -4.41. The van der Waals surface area contributed by atoms with Gasteiger partial charge in [-0.2, -0.15) is 17.5 Å². The van der Waals surface area contributed by atoms with Gasteiger partial charge in [-0.25, -0.2) is 13.8 Å². The van der Waals surface area contributed by atoms with E-state index in [1.54, 1.807) is 6.07 Å². The Bertz CT molecular complexity index is 1110. The fourth-order valence-electron chi connectivity index (χ4n) is 4.19. The summed E-state index contributed by atoms with van der Waals surface area (Å²) in [6, 6.07) is 7.87. The van der Waals surface area contributed by atoms with Crippen molar-refractivity contribution in [2.45, 2.75) is 56.1 Å². The number of carbonyl (C=O) groups is 1. The number of nitrogens with zero attached hydrogens (tertiary/aromatic N) is 1. The summed E-state index contributed by atoms with van der Waals surface area (Å²) in [5.41, 5.74) is 5.95. The Morgan fingerprint density at radius 2 is 1.79 bits per heavy atom. The third-order valence-corrected chi connectivity index (χ3v) is 7.98. The molecule has 2 atom stereocenters. The van der Waals surface area contributed by atoms with E-state index in [1.807, 2.05) is 6.92 Å².